The highest BCUT2D eigenvalue weighted by molar-refractivity contribution is 5.77. The molecule has 0 fully saturated rings. The Morgan fingerprint density at radius 2 is 1.20 bits per heavy atom. The monoisotopic (exact) mass is 745 g/mol. The number of allylic oxidation sites excluding steroid dienone is 2. The fourth-order valence-corrected chi connectivity index (χ4v) is 8.99. The number of rotatable bonds is 31. The Labute approximate surface area is 330 Å². The number of carboxylic acids is 1. The highest BCUT2D eigenvalue weighted by Gasteiger charge is 2.36. The lowest BCUT2D eigenvalue weighted by Gasteiger charge is -2.38. The topological polar surface area (TPSA) is 65.0 Å². The van der Waals surface area contributed by atoms with Gasteiger partial charge in [-0.25, -0.2) is 0 Å². The fourth-order valence-electron chi connectivity index (χ4n) is 8.99. The molecule has 302 valence electrons. The minimum Gasteiger partial charge on any atom is -0.496 e. The van der Waals surface area contributed by atoms with E-state index in [1.54, 1.807) is 14.2 Å². The van der Waals surface area contributed by atoms with Crippen molar-refractivity contribution in [3.05, 3.63) is 84.0 Å². The van der Waals surface area contributed by atoms with Crippen LogP contribution in [-0.4, -0.2) is 38.0 Å². The summed E-state index contributed by atoms with van der Waals surface area (Å²) in [6.45, 7) is 4.53. The molecule has 5 atom stereocenters. The third kappa shape index (κ3) is 15.2. The Morgan fingerprint density at radius 1 is 0.648 bits per heavy atom. The Morgan fingerprint density at radius 3 is 1.76 bits per heavy atom. The van der Waals surface area contributed by atoms with Gasteiger partial charge in [0.2, 0.25) is 0 Å². The largest absolute Gasteiger partial charge is 0.496 e. The first kappa shape index (κ1) is 45.3. The van der Waals surface area contributed by atoms with Crippen molar-refractivity contribution in [2.24, 2.45) is 11.8 Å². The molecule has 2 aromatic carbocycles. The van der Waals surface area contributed by atoms with Crippen LogP contribution in [0.5, 0.6) is 11.5 Å². The minimum atomic E-state index is -0.783. The number of unbranched alkanes of at least 4 members (excludes halogenated alkanes) is 12. The van der Waals surface area contributed by atoms with Gasteiger partial charge in [-0.05, 0) is 74.0 Å². The van der Waals surface area contributed by atoms with Crippen LogP contribution in [0.4, 0.5) is 0 Å². The molecule has 1 N–H and O–H groups in total. The van der Waals surface area contributed by atoms with Crippen LogP contribution >= 0.6 is 0 Å². The van der Waals surface area contributed by atoms with Gasteiger partial charge < -0.3 is 19.3 Å². The second-order valence-corrected chi connectivity index (χ2v) is 16.0. The van der Waals surface area contributed by atoms with Gasteiger partial charge in [0.25, 0.3) is 0 Å². The number of ether oxygens (including phenoxy) is 3. The summed E-state index contributed by atoms with van der Waals surface area (Å²) in [6, 6.07) is 16.1. The molecule has 5 unspecified atom stereocenters. The molecule has 3 rings (SSSR count). The Hall–Kier alpha value is -3.05. The Kier molecular flexibility index (Phi) is 22.4. The van der Waals surface area contributed by atoms with E-state index in [4.69, 9.17) is 14.2 Å². The van der Waals surface area contributed by atoms with Gasteiger partial charge >= 0.3 is 5.97 Å². The maximum absolute atomic E-state index is 13.0. The summed E-state index contributed by atoms with van der Waals surface area (Å²) < 4.78 is 17.9. The smallest absolute Gasteiger partial charge is 0.311 e. The molecule has 0 bridgehead atoms. The number of hydrogen-bond acceptors (Lipinski definition) is 4. The Bertz CT molecular complexity index is 1350. The predicted molar refractivity (Wildman–Crippen MR) is 227 cm³/mol. The number of para-hydroxylation sites is 2. The third-order valence-electron chi connectivity index (χ3n) is 12.2. The van der Waals surface area contributed by atoms with Crippen LogP contribution in [-0.2, 0) is 9.53 Å². The molecule has 0 amide bonds. The molecular formula is C49H76O5. The first-order valence-electron chi connectivity index (χ1n) is 21.8. The van der Waals surface area contributed by atoms with Crippen molar-refractivity contribution in [1.29, 1.82) is 0 Å². The lowest BCUT2D eigenvalue weighted by Crippen LogP contribution is -2.38. The van der Waals surface area contributed by atoms with E-state index in [9.17, 15) is 9.90 Å². The van der Waals surface area contributed by atoms with E-state index in [0.29, 0.717) is 24.0 Å². The van der Waals surface area contributed by atoms with Gasteiger partial charge in [-0.15, -0.1) is 0 Å². The van der Waals surface area contributed by atoms with Gasteiger partial charge in [0.1, 0.15) is 11.5 Å². The molecule has 0 aliphatic heterocycles. The molecule has 1 aliphatic carbocycles. The van der Waals surface area contributed by atoms with E-state index >= 15 is 0 Å². The van der Waals surface area contributed by atoms with E-state index in [-0.39, 0.29) is 11.5 Å². The fraction of sp³-hybridized carbons (Fsp3) is 0.653. The zero-order chi connectivity index (χ0) is 38.9. The van der Waals surface area contributed by atoms with Gasteiger partial charge in [0.05, 0.1) is 25.7 Å². The van der Waals surface area contributed by atoms with Crippen LogP contribution in [0.2, 0.25) is 0 Å². The Balaban J connectivity index is 1.74. The molecule has 0 saturated heterocycles. The van der Waals surface area contributed by atoms with Crippen LogP contribution in [0.25, 0.3) is 0 Å². The van der Waals surface area contributed by atoms with Crippen molar-refractivity contribution in [2.75, 3.05) is 21.3 Å². The van der Waals surface area contributed by atoms with Crippen LogP contribution in [0.3, 0.4) is 0 Å². The van der Waals surface area contributed by atoms with Gasteiger partial charge in [-0.3, -0.25) is 4.79 Å². The molecule has 5 nitrogen and oxygen atoms in total. The maximum atomic E-state index is 13.0. The van der Waals surface area contributed by atoms with Crippen LogP contribution < -0.4 is 9.47 Å². The zero-order valence-electron chi connectivity index (χ0n) is 34.9. The number of aliphatic carboxylic acids is 1. The number of carboxylic acid groups (broad SMARTS) is 1. The molecule has 0 aromatic heterocycles. The summed E-state index contributed by atoms with van der Waals surface area (Å²) >= 11 is 0. The molecule has 0 heterocycles. The predicted octanol–water partition coefficient (Wildman–Crippen LogP) is 14.0. The summed E-state index contributed by atoms with van der Waals surface area (Å²) in [4.78, 5) is 13.0. The number of benzene rings is 2. The number of hydrogen-bond donors (Lipinski definition) is 1. The van der Waals surface area contributed by atoms with Gasteiger partial charge in [-0.1, -0.05) is 177 Å². The summed E-state index contributed by atoms with van der Waals surface area (Å²) in [7, 11) is 5.28. The molecule has 2 aromatic rings. The second-order valence-electron chi connectivity index (χ2n) is 16.0. The highest BCUT2D eigenvalue weighted by Crippen LogP contribution is 2.42. The number of methoxy groups -OCH3 is 3. The van der Waals surface area contributed by atoms with Crippen molar-refractivity contribution < 1.29 is 24.1 Å². The highest BCUT2D eigenvalue weighted by atomic mass is 16.5. The first-order valence-corrected chi connectivity index (χ1v) is 21.8. The molecule has 1 aliphatic rings. The van der Waals surface area contributed by atoms with Crippen LogP contribution in [0.15, 0.2) is 72.8 Å². The van der Waals surface area contributed by atoms with Crippen molar-refractivity contribution >= 4 is 5.97 Å². The number of carbonyl (C=O) groups is 1. The third-order valence-corrected chi connectivity index (χ3v) is 12.2. The van der Waals surface area contributed by atoms with Crippen molar-refractivity contribution in [3.8, 4) is 11.5 Å². The van der Waals surface area contributed by atoms with Crippen LogP contribution in [0.1, 0.15) is 178 Å². The quantitative estimate of drug-likeness (QED) is 0.0779. The lowest BCUT2D eigenvalue weighted by atomic mass is 9.74. The summed E-state index contributed by atoms with van der Waals surface area (Å²) in [6.07, 6.45) is 35.1. The van der Waals surface area contributed by atoms with E-state index in [0.717, 1.165) is 69.1 Å². The average molecular weight is 745 g/mol. The minimum absolute atomic E-state index is 0.218. The average Bonchev–Trinajstić information content (AvgIpc) is 3.20. The van der Waals surface area contributed by atoms with Gasteiger partial charge in [0, 0.05) is 12.7 Å². The van der Waals surface area contributed by atoms with Gasteiger partial charge in [-0.2, -0.15) is 0 Å². The van der Waals surface area contributed by atoms with E-state index in [1.807, 2.05) is 37.4 Å². The molecule has 54 heavy (non-hydrogen) atoms. The normalized spacial score (nSPS) is 17.6. The van der Waals surface area contributed by atoms with E-state index < -0.39 is 11.9 Å². The first-order chi connectivity index (χ1) is 26.4. The van der Waals surface area contributed by atoms with Crippen molar-refractivity contribution in [3.63, 3.8) is 0 Å². The van der Waals surface area contributed by atoms with Crippen LogP contribution in [0, 0.1) is 11.8 Å². The summed E-state index contributed by atoms with van der Waals surface area (Å²) in [5.74, 6) is 1.10. The second kappa shape index (κ2) is 26.7. The van der Waals surface area contributed by atoms with Crippen molar-refractivity contribution in [2.45, 2.75) is 173 Å². The SMILES string of the molecule is CCCCCCCCCCCCCCC(CCCC(CC(CCCC)c1ccccc1OC)CC(C(=O)O)c1ccccc1OC)C1(OC)C=CC=CC1. The van der Waals surface area contributed by atoms with E-state index in [1.165, 1.54) is 82.6 Å². The summed E-state index contributed by atoms with van der Waals surface area (Å²) in [5.41, 5.74) is 1.73. The van der Waals surface area contributed by atoms with E-state index in [2.05, 4.69) is 56.4 Å². The maximum Gasteiger partial charge on any atom is 0.311 e. The molecule has 0 saturated carbocycles. The standard InChI is InChI=1S/C49H76O5/c1-6-8-10-11-12-13-14-15-16-17-18-20-30-42(49(54-5)36-25-19-26-37-49)31-27-28-40(39-45(48(50)51)44-33-22-24-35-47(44)53-4)38-41(29-9-7-2)43-32-21-23-34-46(43)52-3/h19,21-26,32-36,40-42,45H,6-18,20,27-31,37-39H2,1-5H3,(H,50,51). The summed E-state index contributed by atoms with van der Waals surface area (Å²) in [5, 5.41) is 10.7. The molecule has 0 radical (unpaired) electrons. The zero-order valence-corrected chi connectivity index (χ0v) is 34.9. The van der Waals surface area contributed by atoms with Gasteiger partial charge in [0.15, 0.2) is 0 Å². The molecule has 0 spiro atoms. The lowest BCUT2D eigenvalue weighted by molar-refractivity contribution is -0.139. The molecule has 5 heteroatoms. The van der Waals surface area contributed by atoms with Crippen molar-refractivity contribution in [1.82, 2.24) is 0 Å². The molecular weight excluding hydrogens is 669 g/mol.